The molecule has 3 rings (SSSR count). The Balaban J connectivity index is 1.37. The first-order valence-corrected chi connectivity index (χ1v) is 10.2. The molecule has 0 N–H and O–H groups in total. The highest BCUT2D eigenvalue weighted by Gasteiger charge is 2.23. The van der Waals surface area contributed by atoms with E-state index in [1.54, 1.807) is 4.90 Å². The summed E-state index contributed by atoms with van der Waals surface area (Å²) in [6, 6.07) is 16.1. The van der Waals surface area contributed by atoms with Gasteiger partial charge < -0.3 is 14.4 Å². The van der Waals surface area contributed by atoms with E-state index in [4.69, 9.17) is 4.74 Å². The monoisotopic (exact) mass is 429 g/mol. The van der Waals surface area contributed by atoms with E-state index in [2.05, 4.69) is 16.9 Å². The van der Waals surface area contributed by atoms with E-state index < -0.39 is 12.6 Å². The first kappa shape index (κ1) is 22.5. The minimum absolute atomic E-state index is 0.0351. The summed E-state index contributed by atoms with van der Waals surface area (Å²) in [6.07, 6.45) is 5.55. The number of alkyl halides is 2. The van der Waals surface area contributed by atoms with Gasteiger partial charge in [-0.1, -0.05) is 42.5 Å². The van der Waals surface area contributed by atoms with Crippen LogP contribution in [0.3, 0.4) is 0 Å². The Morgan fingerprint density at radius 3 is 2.35 bits per heavy atom. The van der Waals surface area contributed by atoms with Crippen LogP contribution in [0.15, 0.2) is 60.7 Å². The molecule has 0 atom stereocenters. The number of ether oxygens (including phenoxy) is 2. The zero-order chi connectivity index (χ0) is 22.1. The van der Waals surface area contributed by atoms with Gasteiger partial charge in [-0.25, -0.2) is 4.79 Å². The second kappa shape index (κ2) is 11.2. The SMILES string of the molecule is O=C(/C=C/c1ccc(OC(F)F)cc1)OCC(=O)N1CCC(Cc2ccccc2)CC1. The van der Waals surface area contributed by atoms with Gasteiger partial charge in [0.25, 0.3) is 5.91 Å². The largest absolute Gasteiger partial charge is 0.452 e. The Hall–Kier alpha value is -3.22. The molecular weight excluding hydrogens is 404 g/mol. The molecule has 1 saturated heterocycles. The molecule has 31 heavy (non-hydrogen) atoms. The van der Waals surface area contributed by atoms with Crippen molar-refractivity contribution in [2.24, 2.45) is 5.92 Å². The van der Waals surface area contributed by atoms with Crippen LogP contribution in [-0.4, -0.2) is 43.1 Å². The van der Waals surface area contributed by atoms with Crippen LogP contribution in [0.4, 0.5) is 8.78 Å². The van der Waals surface area contributed by atoms with E-state index in [1.807, 2.05) is 18.2 Å². The Labute approximate surface area is 180 Å². The zero-order valence-electron chi connectivity index (χ0n) is 17.1. The van der Waals surface area contributed by atoms with E-state index in [0.29, 0.717) is 24.6 Å². The fraction of sp³-hybridized carbons (Fsp3) is 0.333. The summed E-state index contributed by atoms with van der Waals surface area (Å²) in [5, 5.41) is 0. The average molecular weight is 429 g/mol. The number of piperidine rings is 1. The maximum absolute atomic E-state index is 12.3. The number of hydrogen-bond acceptors (Lipinski definition) is 4. The number of hydrogen-bond donors (Lipinski definition) is 0. The molecule has 2 aromatic rings. The van der Waals surface area contributed by atoms with Crippen LogP contribution in [0.25, 0.3) is 6.08 Å². The lowest BCUT2D eigenvalue weighted by atomic mass is 9.90. The predicted octanol–water partition coefficient (Wildman–Crippen LogP) is 4.33. The smallest absolute Gasteiger partial charge is 0.387 e. The number of halogens is 2. The van der Waals surface area contributed by atoms with Gasteiger partial charge in [-0.05, 0) is 54.5 Å². The summed E-state index contributed by atoms with van der Waals surface area (Å²) in [7, 11) is 0. The molecule has 0 saturated carbocycles. The number of nitrogens with zero attached hydrogens (tertiary/aromatic N) is 1. The lowest BCUT2D eigenvalue weighted by Gasteiger charge is -2.32. The van der Waals surface area contributed by atoms with Crippen LogP contribution < -0.4 is 4.74 Å². The Kier molecular flexibility index (Phi) is 8.15. The molecule has 164 valence electrons. The summed E-state index contributed by atoms with van der Waals surface area (Å²) in [5.74, 6) is -0.254. The first-order valence-electron chi connectivity index (χ1n) is 10.2. The summed E-state index contributed by atoms with van der Waals surface area (Å²) < 4.78 is 33.6. The minimum atomic E-state index is -2.89. The summed E-state index contributed by atoms with van der Waals surface area (Å²) in [4.78, 5) is 25.9. The molecule has 1 amide bonds. The van der Waals surface area contributed by atoms with Gasteiger partial charge in [0.05, 0.1) is 0 Å². The van der Waals surface area contributed by atoms with Crippen LogP contribution in [0.1, 0.15) is 24.0 Å². The number of carbonyl (C=O) groups is 2. The highest BCUT2D eigenvalue weighted by molar-refractivity contribution is 5.89. The molecular formula is C24H25F2NO4. The van der Waals surface area contributed by atoms with E-state index in [0.717, 1.165) is 19.3 Å². The average Bonchev–Trinajstić information content (AvgIpc) is 2.78. The lowest BCUT2D eigenvalue weighted by molar-refractivity contribution is -0.148. The third-order valence-electron chi connectivity index (χ3n) is 5.19. The standard InChI is InChI=1S/C24H25F2NO4/c25-24(26)31-21-9-6-18(7-10-21)8-11-23(29)30-17-22(28)27-14-12-20(13-15-27)16-19-4-2-1-3-5-19/h1-11,20,24H,12-17H2/b11-8+. The number of esters is 1. The number of benzene rings is 2. The van der Waals surface area contributed by atoms with Crippen molar-refractivity contribution in [2.75, 3.05) is 19.7 Å². The number of likely N-dealkylation sites (tertiary alicyclic amines) is 1. The van der Waals surface area contributed by atoms with Crippen LogP contribution in [0.5, 0.6) is 5.75 Å². The fourth-order valence-corrected chi connectivity index (χ4v) is 3.53. The Morgan fingerprint density at radius 2 is 1.71 bits per heavy atom. The van der Waals surface area contributed by atoms with E-state index in [-0.39, 0.29) is 18.3 Å². The van der Waals surface area contributed by atoms with Crippen molar-refractivity contribution in [3.05, 3.63) is 71.8 Å². The van der Waals surface area contributed by atoms with Crippen LogP contribution >= 0.6 is 0 Å². The van der Waals surface area contributed by atoms with E-state index >= 15 is 0 Å². The quantitative estimate of drug-likeness (QED) is 0.463. The van der Waals surface area contributed by atoms with Crippen molar-refractivity contribution in [3.8, 4) is 5.75 Å². The van der Waals surface area contributed by atoms with Gasteiger partial charge in [0, 0.05) is 19.2 Å². The zero-order valence-corrected chi connectivity index (χ0v) is 17.1. The normalized spacial score (nSPS) is 14.7. The molecule has 0 bridgehead atoms. The van der Waals surface area contributed by atoms with Crippen molar-refractivity contribution in [1.29, 1.82) is 0 Å². The molecule has 0 radical (unpaired) electrons. The van der Waals surface area contributed by atoms with E-state index in [9.17, 15) is 18.4 Å². The Morgan fingerprint density at radius 1 is 1.03 bits per heavy atom. The van der Waals surface area contributed by atoms with Crippen molar-refractivity contribution in [3.63, 3.8) is 0 Å². The van der Waals surface area contributed by atoms with Gasteiger partial charge >= 0.3 is 12.6 Å². The summed E-state index contributed by atoms with van der Waals surface area (Å²) >= 11 is 0. The van der Waals surface area contributed by atoms with Crippen molar-refractivity contribution in [1.82, 2.24) is 4.90 Å². The molecule has 0 spiro atoms. The highest BCUT2D eigenvalue weighted by Crippen LogP contribution is 2.21. The van der Waals surface area contributed by atoms with Gasteiger partial charge in [-0.15, -0.1) is 0 Å². The van der Waals surface area contributed by atoms with Crippen LogP contribution in [0.2, 0.25) is 0 Å². The number of amides is 1. The lowest BCUT2D eigenvalue weighted by Crippen LogP contribution is -2.41. The molecule has 0 unspecified atom stereocenters. The van der Waals surface area contributed by atoms with Crippen molar-refractivity contribution < 1.29 is 27.8 Å². The molecule has 2 aromatic carbocycles. The second-order valence-corrected chi connectivity index (χ2v) is 7.40. The maximum atomic E-state index is 12.3. The number of rotatable bonds is 8. The van der Waals surface area contributed by atoms with Gasteiger partial charge in [0.1, 0.15) is 5.75 Å². The number of carbonyl (C=O) groups excluding carboxylic acids is 2. The van der Waals surface area contributed by atoms with E-state index in [1.165, 1.54) is 42.0 Å². The maximum Gasteiger partial charge on any atom is 0.387 e. The predicted molar refractivity (Wildman–Crippen MR) is 113 cm³/mol. The molecule has 1 aliphatic rings. The summed E-state index contributed by atoms with van der Waals surface area (Å²) in [6.45, 7) is -1.86. The van der Waals surface area contributed by atoms with Gasteiger partial charge in [-0.3, -0.25) is 4.79 Å². The topological polar surface area (TPSA) is 55.8 Å². The van der Waals surface area contributed by atoms with Crippen LogP contribution in [0, 0.1) is 5.92 Å². The van der Waals surface area contributed by atoms with Gasteiger partial charge in [0.2, 0.25) is 0 Å². The Bertz CT molecular complexity index is 876. The van der Waals surface area contributed by atoms with Crippen LogP contribution in [-0.2, 0) is 20.7 Å². The fourth-order valence-electron chi connectivity index (χ4n) is 3.53. The van der Waals surface area contributed by atoms with Crippen molar-refractivity contribution >= 4 is 18.0 Å². The molecule has 1 aliphatic heterocycles. The molecule has 7 heteroatoms. The third-order valence-corrected chi connectivity index (χ3v) is 5.19. The first-order chi connectivity index (χ1) is 15.0. The summed E-state index contributed by atoms with van der Waals surface area (Å²) in [5.41, 5.74) is 1.93. The minimum Gasteiger partial charge on any atom is -0.452 e. The van der Waals surface area contributed by atoms with Gasteiger partial charge in [-0.2, -0.15) is 8.78 Å². The highest BCUT2D eigenvalue weighted by atomic mass is 19.3. The molecule has 5 nitrogen and oxygen atoms in total. The molecule has 0 aromatic heterocycles. The molecule has 0 aliphatic carbocycles. The van der Waals surface area contributed by atoms with Crippen molar-refractivity contribution in [2.45, 2.75) is 25.9 Å². The second-order valence-electron chi connectivity index (χ2n) is 7.40. The third kappa shape index (κ3) is 7.51. The molecule has 1 heterocycles. The molecule has 1 fully saturated rings. The van der Waals surface area contributed by atoms with Gasteiger partial charge in [0.15, 0.2) is 6.61 Å².